The zero-order valence-corrected chi connectivity index (χ0v) is 10.9. The number of hydrogen-bond donors (Lipinski definition) is 1. The van der Waals surface area contributed by atoms with Crippen LogP contribution in [-0.2, 0) is 0 Å². The van der Waals surface area contributed by atoms with E-state index in [0.717, 1.165) is 17.3 Å². The van der Waals surface area contributed by atoms with E-state index in [9.17, 15) is 0 Å². The summed E-state index contributed by atoms with van der Waals surface area (Å²) in [5.41, 5.74) is 0. The number of thioether (sulfide) groups is 1. The van der Waals surface area contributed by atoms with Gasteiger partial charge in [0.05, 0.1) is 0 Å². The maximum Gasteiger partial charge on any atom is 0.0236 e. The van der Waals surface area contributed by atoms with Crippen LogP contribution in [0.4, 0.5) is 0 Å². The molecular weight excluding hydrogens is 204 g/mol. The van der Waals surface area contributed by atoms with Crippen molar-refractivity contribution in [2.75, 3.05) is 25.4 Å². The Labute approximate surface area is 98.2 Å². The highest BCUT2D eigenvalue weighted by Gasteiger charge is 2.34. The van der Waals surface area contributed by atoms with E-state index in [0.29, 0.717) is 0 Å². The summed E-state index contributed by atoms with van der Waals surface area (Å²) in [6, 6.07) is 1.66. The van der Waals surface area contributed by atoms with E-state index in [1.54, 1.807) is 0 Å². The van der Waals surface area contributed by atoms with Crippen LogP contribution in [0.25, 0.3) is 0 Å². The predicted octanol–water partition coefficient (Wildman–Crippen LogP) is 1.95. The van der Waals surface area contributed by atoms with Crippen LogP contribution in [0.2, 0.25) is 0 Å². The molecule has 2 aliphatic heterocycles. The first-order chi connectivity index (χ1) is 7.33. The fourth-order valence-electron chi connectivity index (χ4n) is 2.96. The van der Waals surface area contributed by atoms with Crippen LogP contribution < -0.4 is 5.32 Å². The lowest BCUT2D eigenvalue weighted by Gasteiger charge is -2.35. The third-order valence-corrected chi connectivity index (χ3v) is 5.06. The van der Waals surface area contributed by atoms with E-state index < -0.39 is 0 Å². The van der Waals surface area contributed by atoms with Gasteiger partial charge in [-0.25, -0.2) is 0 Å². The molecule has 0 aromatic carbocycles. The van der Waals surface area contributed by atoms with Crippen LogP contribution in [0.15, 0.2) is 0 Å². The van der Waals surface area contributed by atoms with Crippen LogP contribution in [0.3, 0.4) is 0 Å². The largest absolute Gasteiger partial charge is 0.315 e. The van der Waals surface area contributed by atoms with Gasteiger partial charge in [0.15, 0.2) is 0 Å². The van der Waals surface area contributed by atoms with Gasteiger partial charge in [-0.05, 0) is 38.1 Å². The molecule has 2 nitrogen and oxygen atoms in total. The van der Waals surface area contributed by atoms with Crippen LogP contribution in [0, 0.1) is 0 Å². The second kappa shape index (κ2) is 5.55. The van der Waals surface area contributed by atoms with Crippen LogP contribution in [0.1, 0.15) is 33.1 Å². The Kier molecular flexibility index (Phi) is 4.35. The van der Waals surface area contributed by atoms with Crippen molar-refractivity contribution in [3.8, 4) is 0 Å². The smallest absolute Gasteiger partial charge is 0.0236 e. The van der Waals surface area contributed by atoms with Crippen molar-refractivity contribution in [2.24, 2.45) is 0 Å². The van der Waals surface area contributed by atoms with Gasteiger partial charge in [-0.15, -0.1) is 0 Å². The topological polar surface area (TPSA) is 15.3 Å². The molecule has 2 heterocycles. The number of nitrogens with zero attached hydrogens (tertiary/aromatic N) is 1. The first kappa shape index (κ1) is 11.7. The minimum atomic E-state index is 0.816. The third-order valence-electron chi connectivity index (χ3n) is 3.75. The normalized spacial score (nSPS) is 36.6. The lowest BCUT2D eigenvalue weighted by molar-refractivity contribution is 0.143. The molecule has 0 saturated carbocycles. The summed E-state index contributed by atoms with van der Waals surface area (Å²) in [7, 11) is 0. The molecule has 1 N–H and O–H groups in total. The molecule has 2 rings (SSSR count). The summed E-state index contributed by atoms with van der Waals surface area (Å²) < 4.78 is 0. The predicted molar refractivity (Wildman–Crippen MR) is 68.6 cm³/mol. The van der Waals surface area contributed by atoms with Gasteiger partial charge < -0.3 is 5.32 Å². The molecule has 0 aromatic rings. The average Bonchev–Trinajstić information content (AvgIpc) is 2.85. The molecule has 3 atom stereocenters. The first-order valence-electron chi connectivity index (χ1n) is 6.41. The monoisotopic (exact) mass is 228 g/mol. The van der Waals surface area contributed by atoms with E-state index in [4.69, 9.17) is 0 Å². The lowest BCUT2D eigenvalue weighted by Crippen LogP contribution is -2.47. The fourth-order valence-corrected chi connectivity index (χ4v) is 4.22. The van der Waals surface area contributed by atoms with Crippen LogP contribution >= 0.6 is 11.8 Å². The highest BCUT2D eigenvalue weighted by molar-refractivity contribution is 8.00. The van der Waals surface area contributed by atoms with E-state index in [2.05, 4.69) is 35.8 Å². The maximum atomic E-state index is 3.50. The Hall–Kier alpha value is 0.270. The van der Waals surface area contributed by atoms with E-state index in [1.807, 2.05) is 0 Å². The van der Waals surface area contributed by atoms with Gasteiger partial charge in [0, 0.05) is 23.9 Å². The second-order valence-corrected chi connectivity index (χ2v) is 6.30. The first-order valence-corrected chi connectivity index (χ1v) is 7.46. The second-order valence-electron chi connectivity index (χ2n) is 4.82. The van der Waals surface area contributed by atoms with Crippen LogP contribution in [-0.4, -0.2) is 47.6 Å². The van der Waals surface area contributed by atoms with Gasteiger partial charge >= 0.3 is 0 Å². The molecule has 2 aliphatic rings. The molecule has 3 unspecified atom stereocenters. The van der Waals surface area contributed by atoms with Crippen molar-refractivity contribution in [2.45, 2.75) is 50.4 Å². The molecule has 0 bridgehead atoms. The highest BCUT2D eigenvalue weighted by atomic mass is 32.2. The van der Waals surface area contributed by atoms with Crippen molar-refractivity contribution in [3.63, 3.8) is 0 Å². The summed E-state index contributed by atoms with van der Waals surface area (Å²) in [6.45, 7) is 8.45. The molecule has 15 heavy (non-hydrogen) atoms. The maximum absolute atomic E-state index is 3.50. The van der Waals surface area contributed by atoms with Gasteiger partial charge in [-0.1, -0.05) is 13.8 Å². The molecule has 0 radical (unpaired) electrons. The van der Waals surface area contributed by atoms with E-state index in [1.165, 1.54) is 44.6 Å². The Bertz CT molecular complexity index is 192. The number of nitrogens with one attached hydrogen (secondary N) is 1. The van der Waals surface area contributed by atoms with Crippen molar-refractivity contribution in [1.82, 2.24) is 10.2 Å². The SMILES string of the molecule is CCCN(C1CCNC1)C1CCSC1C. The van der Waals surface area contributed by atoms with Gasteiger partial charge in [0.2, 0.25) is 0 Å². The lowest BCUT2D eigenvalue weighted by atomic mass is 10.1. The van der Waals surface area contributed by atoms with Crippen molar-refractivity contribution < 1.29 is 0 Å². The Morgan fingerprint density at radius 1 is 1.40 bits per heavy atom. The molecule has 88 valence electrons. The van der Waals surface area contributed by atoms with Gasteiger partial charge in [-0.3, -0.25) is 4.90 Å². The quantitative estimate of drug-likeness (QED) is 0.792. The van der Waals surface area contributed by atoms with Gasteiger partial charge in [0.1, 0.15) is 0 Å². The molecule has 0 spiro atoms. The molecule has 0 amide bonds. The Balaban J connectivity index is 1.97. The molecule has 0 aromatic heterocycles. The molecule has 3 heteroatoms. The molecule has 0 aliphatic carbocycles. The minimum Gasteiger partial charge on any atom is -0.315 e. The van der Waals surface area contributed by atoms with E-state index in [-0.39, 0.29) is 0 Å². The highest BCUT2D eigenvalue weighted by Crippen LogP contribution is 2.32. The van der Waals surface area contributed by atoms with Gasteiger partial charge in [0.25, 0.3) is 0 Å². The summed E-state index contributed by atoms with van der Waals surface area (Å²) in [4.78, 5) is 2.80. The third kappa shape index (κ3) is 2.69. The Morgan fingerprint density at radius 3 is 2.80 bits per heavy atom. The van der Waals surface area contributed by atoms with Crippen molar-refractivity contribution in [1.29, 1.82) is 0 Å². The van der Waals surface area contributed by atoms with Crippen molar-refractivity contribution in [3.05, 3.63) is 0 Å². The zero-order valence-electron chi connectivity index (χ0n) is 10.0. The average molecular weight is 228 g/mol. The summed E-state index contributed by atoms with van der Waals surface area (Å²) in [5.74, 6) is 1.37. The fraction of sp³-hybridized carbons (Fsp3) is 1.00. The minimum absolute atomic E-state index is 0.816. The summed E-state index contributed by atoms with van der Waals surface area (Å²) in [5, 5.41) is 4.35. The zero-order chi connectivity index (χ0) is 10.7. The van der Waals surface area contributed by atoms with Crippen molar-refractivity contribution >= 4 is 11.8 Å². The standard InChI is InChI=1S/C12H24N2S/c1-3-7-14(11-4-6-13-9-11)12-5-8-15-10(12)2/h10-13H,3-9H2,1-2H3. The molecular formula is C12H24N2S. The van der Waals surface area contributed by atoms with E-state index >= 15 is 0 Å². The molecule has 2 saturated heterocycles. The van der Waals surface area contributed by atoms with Crippen LogP contribution in [0.5, 0.6) is 0 Å². The number of rotatable bonds is 4. The molecule has 2 fully saturated rings. The number of hydrogen-bond acceptors (Lipinski definition) is 3. The Morgan fingerprint density at radius 2 is 2.27 bits per heavy atom. The van der Waals surface area contributed by atoms with Gasteiger partial charge in [-0.2, -0.15) is 11.8 Å². The summed E-state index contributed by atoms with van der Waals surface area (Å²) in [6.07, 6.45) is 4.06. The summed E-state index contributed by atoms with van der Waals surface area (Å²) >= 11 is 2.16.